The van der Waals surface area contributed by atoms with Crippen LogP contribution >= 0.6 is 0 Å². The zero-order chi connectivity index (χ0) is 12.3. The van der Waals surface area contributed by atoms with Gasteiger partial charge in [0.25, 0.3) is 0 Å². The van der Waals surface area contributed by atoms with E-state index in [4.69, 9.17) is 4.74 Å². The predicted octanol–water partition coefficient (Wildman–Crippen LogP) is 2.64. The number of hydrogen-bond acceptors (Lipinski definition) is 2. The Kier molecular flexibility index (Phi) is 3.69. The highest BCUT2D eigenvalue weighted by molar-refractivity contribution is 5.86. The van der Waals surface area contributed by atoms with Crippen molar-refractivity contribution in [1.82, 2.24) is 10.3 Å². The first-order chi connectivity index (χ1) is 8.26. The topological polar surface area (TPSA) is 37.0 Å². The van der Waals surface area contributed by atoms with Crippen molar-refractivity contribution in [2.75, 3.05) is 20.2 Å². The largest absolute Gasteiger partial charge is 0.494 e. The first-order valence-corrected chi connectivity index (χ1v) is 6.15. The molecule has 0 saturated carbocycles. The third kappa shape index (κ3) is 2.44. The number of H-pyrrole nitrogens is 1. The fourth-order valence-corrected chi connectivity index (χ4v) is 2.19. The minimum absolute atomic E-state index is 0.709. The number of rotatable bonds is 5. The number of fused-ring (bicyclic) bond motifs is 1. The zero-order valence-corrected chi connectivity index (χ0v) is 10.8. The average molecular weight is 232 g/mol. The summed E-state index contributed by atoms with van der Waals surface area (Å²) in [6.07, 6.45) is 1.04. The van der Waals surface area contributed by atoms with Crippen molar-refractivity contribution in [2.24, 2.45) is 0 Å². The molecule has 0 aliphatic heterocycles. The first kappa shape index (κ1) is 12.0. The van der Waals surface area contributed by atoms with Gasteiger partial charge < -0.3 is 15.0 Å². The Morgan fingerprint density at radius 1 is 1.35 bits per heavy atom. The maximum absolute atomic E-state index is 5.55. The molecular weight excluding hydrogens is 212 g/mol. The lowest BCUT2D eigenvalue weighted by Crippen LogP contribution is -2.10. The highest BCUT2D eigenvalue weighted by Crippen LogP contribution is 2.26. The van der Waals surface area contributed by atoms with Crippen molar-refractivity contribution in [2.45, 2.75) is 20.3 Å². The Balaban J connectivity index is 2.41. The lowest BCUT2D eigenvalue weighted by molar-refractivity contribution is 0.340. The van der Waals surface area contributed by atoms with E-state index in [-0.39, 0.29) is 0 Å². The van der Waals surface area contributed by atoms with Gasteiger partial charge in [0.2, 0.25) is 0 Å². The van der Waals surface area contributed by atoms with Crippen LogP contribution in [0.15, 0.2) is 18.2 Å². The van der Waals surface area contributed by atoms with Crippen molar-refractivity contribution >= 4 is 10.9 Å². The van der Waals surface area contributed by atoms with Gasteiger partial charge in [0, 0.05) is 16.6 Å². The van der Waals surface area contributed by atoms with E-state index in [0.29, 0.717) is 6.61 Å². The zero-order valence-electron chi connectivity index (χ0n) is 10.8. The second kappa shape index (κ2) is 5.23. The van der Waals surface area contributed by atoms with Gasteiger partial charge >= 0.3 is 0 Å². The molecule has 1 aromatic heterocycles. The molecule has 0 radical (unpaired) electrons. The lowest BCUT2D eigenvalue weighted by Gasteiger charge is -2.04. The summed E-state index contributed by atoms with van der Waals surface area (Å²) in [7, 11) is 1.98. The summed E-state index contributed by atoms with van der Waals surface area (Å²) >= 11 is 0. The van der Waals surface area contributed by atoms with Crippen LogP contribution in [0.4, 0.5) is 0 Å². The molecule has 2 N–H and O–H groups in total. The molecule has 0 bridgehead atoms. The van der Waals surface area contributed by atoms with Crippen LogP contribution in [-0.4, -0.2) is 25.2 Å². The van der Waals surface area contributed by atoms with Gasteiger partial charge in [-0.25, -0.2) is 0 Å². The van der Waals surface area contributed by atoms with Gasteiger partial charge in [-0.2, -0.15) is 0 Å². The number of hydrogen-bond donors (Lipinski definition) is 2. The standard InChI is InChI=1S/C14H20N2O/c1-4-17-11-5-6-14-13(9-11)12(7-8-15-3)10(2)16-14/h5-6,9,15-16H,4,7-8H2,1-3H3. The lowest BCUT2D eigenvalue weighted by atomic mass is 10.1. The number of benzene rings is 1. The molecule has 2 aromatic rings. The second-order valence-corrected chi connectivity index (χ2v) is 4.22. The van der Waals surface area contributed by atoms with Gasteiger partial charge in [-0.15, -0.1) is 0 Å². The summed E-state index contributed by atoms with van der Waals surface area (Å²) in [5.74, 6) is 0.949. The van der Waals surface area contributed by atoms with E-state index in [1.807, 2.05) is 20.0 Å². The minimum atomic E-state index is 0.709. The average Bonchev–Trinajstić information content (AvgIpc) is 2.63. The normalized spacial score (nSPS) is 11.0. The van der Waals surface area contributed by atoms with E-state index >= 15 is 0 Å². The molecular formula is C14H20N2O. The van der Waals surface area contributed by atoms with Crippen LogP contribution in [0.1, 0.15) is 18.2 Å². The highest BCUT2D eigenvalue weighted by atomic mass is 16.5. The van der Waals surface area contributed by atoms with Gasteiger partial charge in [-0.3, -0.25) is 0 Å². The van der Waals surface area contributed by atoms with Gasteiger partial charge in [0.1, 0.15) is 5.75 Å². The second-order valence-electron chi connectivity index (χ2n) is 4.22. The molecule has 3 heteroatoms. The van der Waals surface area contributed by atoms with E-state index in [2.05, 4.69) is 29.4 Å². The van der Waals surface area contributed by atoms with Crippen molar-refractivity contribution in [3.8, 4) is 5.75 Å². The molecule has 0 amide bonds. The van der Waals surface area contributed by atoms with Crippen molar-refractivity contribution in [1.29, 1.82) is 0 Å². The molecule has 1 aromatic carbocycles. The van der Waals surface area contributed by atoms with E-state index in [0.717, 1.165) is 18.7 Å². The Bertz CT molecular complexity index is 502. The van der Waals surface area contributed by atoms with Crippen LogP contribution in [0.2, 0.25) is 0 Å². The summed E-state index contributed by atoms with van der Waals surface area (Å²) in [5.41, 5.74) is 3.83. The molecule has 0 saturated heterocycles. The van der Waals surface area contributed by atoms with E-state index in [1.54, 1.807) is 0 Å². The van der Waals surface area contributed by atoms with Crippen LogP contribution < -0.4 is 10.1 Å². The SMILES string of the molecule is CCOc1ccc2[nH]c(C)c(CCNC)c2c1. The maximum Gasteiger partial charge on any atom is 0.120 e. The van der Waals surface area contributed by atoms with Crippen LogP contribution in [0, 0.1) is 6.92 Å². The van der Waals surface area contributed by atoms with Crippen molar-refractivity contribution in [3.05, 3.63) is 29.5 Å². The molecule has 1 heterocycles. The molecule has 17 heavy (non-hydrogen) atoms. The molecule has 92 valence electrons. The molecule has 0 spiro atoms. The van der Waals surface area contributed by atoms with E-state index in [1.165, 1.54) is 22.2 Å². The van der Waals surface area contributed by atoms with Gasteiger partial charge in [-0.05, 0) is 57.6 Å². The fraction of sp³-hybridized carbons (Fsp3) is 0.429. The van der Waals surface area contributed by atoms with Crippen LogP contribution in [0.3, 0.4) is 0 Å². The number of aryl methyl sites for hydroxylation is 1. The molecule has 0 atom stereocenters. The summed E-state index contributed by atoms with van der Waals surface area (Å²) in [5, 5.41) is 4.47. The Hall–Kier alpha value is -1.48. The number of aromatic amines is 1. The monoisotopic (exact) mass is 232 g/mol. The summed E-state index contributed by atoms with van der Waals surface area (Å²) in [4.78, 5) is 3.42. The predicted molar refractivity (Wildman–Crippen MR) is 71.8 cm³/mol. The number of nitrogens with one attached hydrogen (secondary N) is 2. The molecule has 0 unspecified atom stereocenters. The fourth-order valence-electron chi connectivity index (χ4n) is 2.19. The first-order valence-electron chi connectivity index (χ1n) is 6.15. The molecule has 3 nitrogen and oxygen atoms in total. The smallest absolute Gasteiger partial charge is 0.120 e. The number of likely N-dealkylation sites (N-methyl/N-ethyl adjacent to an activating group) is 1. The Morgan fingerprint density at radius 2 is 2.18 bits per heavy atom. The molecule has 0 aliphatic carbocycles. The van der Waals surface area contributed by atoms with Crippen molar-refractivity contribution < 1.29 is 4.74 Å². The quantitative estimate of drug-likeness (QED) is 0.831. The summed E-state index contributed by atoms with van der Waals surface area (Å²) < 4.78 is 5.55. The third-order valence-electron chi connectivity index (χ3n) is 3.03. The molecule has 2 rings (SSSR count). The van der Waals surface area contributed by atoms with Crippen LogP contribution in [-0.2, 0) is 6.42 Å². The van der Waals surface area contributed by atoms with Crippen molar-refractivity contribution in [3.63, 3.8) is 0 Å². The number of aromatic nitrogens is 1. The highest BCUT2D eigenvalue weighted by Gasteiger charge is 2.08. The maximum atomic E-state index is 5.55. The number of ether oxygens (including phenoxy) is 1. The minimum Gasteiger partial charge on any atom is -0.494 e. The third-order valence-corrected chi connectivity index (χ3v) is 3.03. The molecule has 0 aliphatic rings. The van der Waals surface area contributed by atoms with E-state index in [9.17, 15) is 0 Å². The van der Waals surface area contributed by atoms with Gasteiger partial charge in [0.15, 0.2) is 0 Å². The van der Waals surface area contributed by atoms with Gasteiger partial charge in [0.05, 0.1) is 6.61 Å². The molecule has 0 fully saturated rings. The summed E-state index contributed by atoms with van der Waals surface area (Å²) in [6, 6.07) is 6.24. The van der Waals surface area contributed by atoms with Crippen LogP contribution in [0.25, 0.3) is 10.9 Å². The Morgan fingerprint density at radius 3 is 2.88 bits per heavy atom. The van der Waals surface area contributed by atoms with Gasteiger partial charge in [-0.1, -0.05) is 0 Å². The van der Waals surface area contributed by atoms with Crippen LogP contribution in [0.5, 0.6) is 5.75 Å². The Labute approximate surface area is 102 Å². The summed E-state index contributed by atoms with van der Waals surface area (Å²) in [6.45, 7) is 5.84. The van der Waals surface area contributed by atoms with E-state index < -0.39 is 0 Å².